The van der Waals surface area contributed by atoms with Crippen LogP contribution in [0.3, 0.4) is 0 Å². The predicted octanol–water partition coefficient (Wildman–Crippen LogP) is 5.09. The Hall–Kier alpha value is -2.79. The maximum absolute atomic E-state index is 11.2. The Morgan fingerprint density at radius 1 is 1.23 bits per heavy atom. The molecule has 3 rings (SSSR count). The number of amides is 1. The summed E-state index contributed by atoms with van der Waals surface area (Å²) < 4.78 is 8.20. The van der Waals surface area contributed by atoms with E-state index in [1.54, 1.807) is 0 Å². The van der Waals surface area contributed by atoms with Gasteiger partial charge in [0.25, 0.3) is 0 Å². The number of ether oxygens (including phenoxy) is 1. The summed E-state index contributed by atoms with van der Waals surface area (Å²) in [6.45, 7) is 7.39. The lowest BCUT2D eigenvalue weighted by atomic mass is 10.2. The fourth-order valence-electron chi connectivity index (χ4n) is 3.40. The molecule has 0 aliphatic rings. The van der Waals surface area contributed by atoms with E-state index in [0.717, 1.165) is 65.4 Å². The molecule has 0 aliphatic heterocycles. The highest BCUT2D eigenvalue weighted by Gasteiger charge is 2.10. The van der Waals surface area contributed by atoms with Crippen LogP contribution < -0.4 is 10.1 Å². The van der Waals surface area contributed by atoms with Crippen LogP contribution >= 0.6 is 11.6 Å². The number of unbranched alkanes of at least 4 members (excludes halogenated alkanes) is 2. The van der Waals surface area contributed by atoms with Crippen molar-refractivity contribution >= 4 is 28.5 Å². The molecular formula is C24H28ClN3O2. The van der Waals surface area contributed by atoms with Crippen molar-refractivity contribution in [3.05, 3.63) is 71.5 Å². The van der Waals surface area contributed by atoms with Gasteiger partial charge in [-0.2, -0.15) is 0 Å². The number of aryl methyl sites for hydroxylation is 2. The van der Waals surface area contributed by atoms with Crippen molar-refractivity contribution in [2.75, 3.05) is 13.2 Å². The van der Waals surface area contributed by atoms with E-state index in [2.05, 4.69) is 22.5 Å². The summed E-state index contributed by atoms with van der Waals surface area (Å²) in [5, 5.41) is 3.56. The molecule has 5 nitrogen and oxygen atoms in total. The number of fused-ring (bicyclic) bond motifs is 1. The average molecular weight is 426 g/mol. The fourth-order valence-corrected chi connectivity index (χ4v) is 3.51. The van der Waals surface area contributed by atoms with Gasteiger partial charge in [-0.3, -0.25) is 4.79 Å². The highest BCUT2D eigenvalue weighted by Crippen LogP contribution is 2.22. The first-order chi connectivity index (χ1) is 14.6. The Kier molecular flexibility index (Phi) is 7.91. The van der Waals surface area contributed by atoms with Gasteiger partial charge >= 0.3 is 0 Å². The SMILES string of the molecule is C=CC(=O)NCCCCCc1nc2ccccc2n1CCOc1ccc(Cl)c(C)c1. The van der Waals surface area contributed by atoms with Crippen molar-refractivity contribution < 1.29 is 9.53 Å². The Morgan fingerprint density at radius 2 is 2.07 bits per heavy atom. The summed E-state index contributed by atoms with van der Waals surface area (Å²) in [4.78, 5) is 16.0. The zero-order valence-corrected chi connectivity index (χ0v) is 18.1. The summed E-state index contributed by atoms with van der Waals surface area (Å²) in [6, 6.07) is 13.9. The van der Waals surface area contributed by atoms with Gasteiger partial charge in [0.15, 0.2) is 0 Å². The monoisotopic (exact) mass is 425 g/mol. The lowest BCUT2D eigenvalue weighted by Crippen LogP contribution is -2.21. The second-order valence-corrected chi connectivity index (χ2v) is 7.64. The molecule has 1 N–H and O–H groups in total. The van der Waals surface area contributed by atoms with Gasteiger partial charge in [0, 0.05) is 18.0 Å². The largest absolute Gasteiger partial charge is 0.492 e. The number of nitrogens with zero attached hydrogens (tertiary/aromatic N) is 2. The molecule has 2 aromatic carbocycles. The van der Waals surface area contributed by atoms with E-state index in [9.17, 15) is 4.79 Å². The summed E-state index contributed by atoms with van der Waals surface area (Å²) in [5.41, 5.74) is 3.14. The van der Waals surface area contributed by atoms with Crippen LogP contribution in [0.5, 0.6) is 5.75 Å². The third kappa shape index (κ3) is 5.86. The van der Waals surface area contributed by atoms with Crippen LogP contribution in [0.25, 0.3) is 11.0 Å². The molecule has 30 heavy (non-hydrogen) atoms. The molecular weight excluding hydrogens is 398 g/mol. The standard InChI is InChI=1S/C24H28ClN3O2/c1-3-24(29)26-14-8-4-5-11-23-27-21-9-6-7-10-22(21)28(23)15-16-30-19-12-13-20(25)18(2)17-19/h3,6-7,9-10,12-13,17H,1,4-5,8,11,14-16H2,2H3,(H,26,29). The number of carbonyl (C=O) groups excluding carboxylic acids is 1. The van der Waals surface area contributed by atoms with E-state index in [1.807, 2.05) is 43.3 Å². The van der Waals surface area contributed by atoms with E-state index in [4.69, 9.17) is 21.3 Å². The molecule has 0 fully saturated rings. The molecule has 6 heteroatoms. The minimum Gasteiger partial charge on any atom is -0.492 e. The van der Waals surface area contributed by atoms with Crippen LogP contribution in [-0.2, 0) is 17.8 Å². The Bertz CT molecular complexity index is 1010. The Balaban J connectivity index is 1.58. The summed E-state index contributed by atoms with van der Waals surface area (Å²) >= 11 is 6.09. The van der Waals surface area contributed by atoms with E-state index in [1.165, 1.54) is 6.08 Å². The zero-order valence-electron chi connectivity index (χ0n) is 17.4. The number of para-hydroxylation sites is 2. The lowest BCUT2D eigenvalue weighted by Gasteiger charge is -2.12. The van der Waals surface area contributed by atoms with Gasteiger partial charge in [-0.15, -0.1) is 0 Å². The maximum Gasteiger partial charge on any atom is 0.243 e. The molecule has 3 aromatic rings. The van der Waals surface area contributed by atoms with Crippen molar-refractivity contribution in [2.45, 2.75) is 39.2 Å². The average Bonchev–Trinajstić information content (AvgIpc) is 3.10. The predicted molar refractivity (Wildman–Crippen MR) is 122 cm³/mol. The number of rotatable bonds is 11. The molecule has 0 aliphatic carbocycles. The highest BCUT2D eigenvalue weighted by molar-refractivity contribution is 6.31. The van der Waals surface area contributed by atoms with E-state index < -0.39 is 0 Å². The van der Waals surface area contributed by atoms with Gasteiger partial charge in [0.2, 0.25) is 5.91 Å². The Labute approximate surface area is 182 Å². The minimum atomic E-state index is -0.118. The van der Waals surface area contributed by atoms with Crippen molar-refractivity contribution in [2.24, 2.45) is 0 Å². The minimum absolute atomic E-state index is 0.118. The van der Waals surface area contributed by atoms with E-state index >= 15 is 0 Å². The molecule has 0 spiro atoms. The number of benzene rings is 2. The van der Waals surface area contributed by atoms with Crippen LogP contribution in [0.2, 0.25) is 5.02 Å². The summed E-state index contributed by atoms with van der Waals surface area (Å²) in [6.07, 6.45) is 5.18. The smallest absolute Gasteiger partial charge is 0.243 e. The normalized spacial score (nSPS) is 10.9. The Morgan fingerprint density at radius 3 is 2.87 bits per heavy atom. The molecule has 0 saturated heterocycles. The van der Waals surface area contributed by atoms with Crippen LogP contribution in [0.1, 0.15) is 30.7 Å². The van der Waals surface area contributed by atoms with Gasteiger partial charge in [-0.1, -0.05) is 36.7 Å². The van der Waals surface area contributed by atoms with E-state index in [0.29, 0.717) is 13.2 Å². The quantitative estimate of drug-likeness (QED) is 0.344. The van der Waals surface area contributed by atoms with Crippen LogP contribution in [0.4, 0.5) is 0 Å². The first-order valence-corrected chi connectivity index (χ1v) is 10.7. The first kappa shape index (κ1) is 21.9. The molecule has 0 atom stereocenters. The van der Waals surface area contributed by atoms with Gasteiger partial charge in [-0.25, -0.2) is 4.98 Å². The molecule has 0 radical (unpaired) electrons. The maximum atomic E-state index is 11.2. The summed E-state index contributed by atoms with van der Waals surface area (Å²) in [5.74, 6) is 1.78. The second kappa shape index (κ2) is 10.8. The lowest BCUT2D eigenvalue weighted by molar-refractivity contribution is -0.116. The molecule has 0 saturated carbocycles. The number of carbonyl (C=O) groups is 1. The summed E-state index contributed by atoms with van der Waals surface area (Å²) in [7, 11) is 0. The molecule has 1 heterocycles. The van der Waals surface area contributed by atoms with Crippen LogP contribution in [0, 0.1) is 6.92 Å². The van der Waals surface area contributed by atoms with Crippen molar-refractivity contribution in [1.29, 1.82) is 0 Å². The third-order valence-corrected chi connectivity index (χ3v) is 5.43. The number of nitrogens with one attached hydrogen (secondary N) is 1. The van der Waals surface area contributed by atoms with Crippen molar-refractivity contribution in [3.8, 4) is 5.75 Å². The molecule has 1 amide bonds. The van der Waals surface area contributed by atoms with Crippen LogP contribution in [-0.4, -0.2) is 28.6 Å². The molecule has 0 unspecified atom stereocenters. The van der Waals surface area contributed by atoms with E-state index in [-0.39, 0.29) is 5.91 Å². The molecule has 0 bridgehead atoms. The number of halogens is 1. The molecule has 158 valence electrons. The molecule has 1 aromatic heterocycles. The van der Waals surface area contributed by atoms with Crippen molar-refractivity contribution in [1.82, 2.24) is 14.9 Å². The highest BCUT2D eigenvalue weighted by atomic mass is 35.5. The number of aromatic nitrogens is 2. The third-order valence-electron chi connectivity index (χ3n) is 5.01. The van der Waals surface area contributed by atoms with Gasteiger partial charge < -0.3 is 14.6 Å². The topological polar surface area (TPSA) is 56.2 Å². The number of hydrogen-bond donors (Lipinski definition) is 1. The van der Waals surface area contributed by atoms with Gasteiger partial charge in [0.1, 0.15) is 18.2 Å². The first-order valence-electron chi connectivity index (χ1n) is 10.3. The number of hydrogen-bond acceptors (Lipinski definition) is 3. The van der Waals surface area contributed by atoms with Crippen LogP contribution in [0.15, 0.2) is 55.1 Å². The van der Waals surface area contributed by atoms with Crippen molar-refractivity contribution in [3.63, 3.8) is 0 Å². The zero-order chi connectivity index (χ0) is 21.3. The fraction of sp³-hybridized carbons (Fsp3) is 0.333. The van der Waals surface area contributed by atoms with Gasteiger partial charge in [-0.05, 0) is 61.7 Å². The second-order valence-electron chi connectivity index (χ2n) is 7.23. The van der Waals surface area contributed by atoms with Gasteiger partial charge in [0.05, 0.1) is 17.6 Å². The number of imidazole rings is 1.